The number of aliphatic hydroxyl groups excluding tert-OH is 2. The maximum Gasteiger partial charge on any atom is 0.271 e. The zero-order valence-electron chi connectivity index (χ0n) is 45.6. The molecule has 78 heavy (non-hydrogen) atoms. The molecule has 0 radical (unpaired) electrons. The number of nitrogens with zero attached hydrogens (tertiary/aromatic N) is 8. The molecule has 4 heterocycles. The summed E-state index contributed by atoms with van der Waals surface area (Å²) in [6, 6.07) is 21.5. The topological polar surface area (TPSA) is 192 Å². The standard InChI is InChI=1S/C60H70F2N10O6/c1-34(36-13-17-38(18-14-36)45-11-9-10-12-47(45)61)64-56(76)51-29-44(74)31-69(51)58(78)54(60(6,7)8)71-33-52(41-23-24-41)72(67-71)42-25-26-46(48(62)27-42)39-19-15-37(16-20-39)35(2)63-55(75)50-28-43(73)30-68(50)57(77)53(59(3,4)5)70-32-49(65-66-70)40-21-22-40/h9-20,25-27,32-35,40-41,43-44,50-51,53-54,73-74H,21-24,28-31H2,1-8H3,(H-,63,64,75,76)/p+1. The molecule has 8 atom stereocenters. The first-order valence-corrected chi connectivity index (χ1v) is 27.3. The monoisotopic (exact) mass is 1070 g/mol. The summed E-state index contributed by atoms with van der Waals surface area (Å²) in [6.07, 6.45) is 5.93. The molecule has 8 unspecified atom stereocenters. The van der Waals surface area contributed by atoms with E-state index in [4.69, 9.17) is 5.21 Å². The summed E-state index contributed by atoms with van der Waals surface area (Å²) in [5.74, 6) is -1.79. The van der Waals surface area contributed by atoms with Crippen LogP contribution < -0.4 is 15.3 Å². The molecule has 410 valence electrons. The number of carbonyl (C=O) groups excluding carboxylic acids is 4. The fourth-order valence-electron chi connectivity index (χ4n) is 11.3. The van der Waals surface area contributed by atoms with Crippen LogP contribution in [0.2, 0.25) is 0 Å². The Bertz CT molecular complexity index is 3210. The first kappa shape index (κ1) is 54.2. The molecule has 4 fully saturated rings. The van der Waals surface area contributed by atoms with Crippen LogP contribution in [-0.2, 0) is 19.2 Å². The number of hydrogen-bond donors (Lipinski definition) is 4. The third-order valence-corrected chi connectivity index (χ3v) is 15.8. The Morgan fingerprint density at radius 1 is 0.667 bits per heavy atom. The second kappa shape index (κ2) is 21.2. The second-order valence-electron chi connectivity index (χ2n) is 24.2. The summed E-state index contributed by atoms with van der Waals surface area (Å²) in [7, 11) is 0. The largest absolute Gasteiger partial charge is 0.391 e. The summed E-state index contributed by atoms with van der Waals surface area (Å²) in [5, 5.41) is 41.4. The second-order valence-corrected chi connectivity index (χ2v) is 24.2. The number of likely N-dealkylation sites (tertiary alicyclic amines) is 2. The highest BCUT2D eigenvalue weighted by Crippen LogP contribution is 2.43. The third kappa shape index (κ3) is 11.2. The van der Waals surface area contributed by atoms with Gasteiger partial charge in [-0.25, -0.2) is 13.5 Å². The van der Waals surface area contributed by atoms with Gasteiger partial charge in [0, 0.05) is 66.6 Å². The zero-order chi connectivity index (χ0) is 55.5. The summed E-state index contributed by atoms with van der Waals surface area (Å²) >= 11 is 0. The van der Waals surface area contributed by atoms with Crippen molar-refractivity contribution in [1.29, 1.82) is 0 Å². The van der Waals surface area contributed by atoms with Crippen molar-refractivity contribution in [3.63, 3.8) is 0 Å². The molecule has 4 amide bonds. The van der Waals surface area contributed by atoms with Gasteiger partial charge < -0.3 is 30.6 Å². The molecule has 2 saturated carbocycles. The normalized spacial score (nSPS) is 21.3. The van der Waals surface area contributed by atoms with E-state index in [2.05, 4.69) is 20.9 Å². The molecule has 6 aromatic rings. The van der Waals surface area contributed by atoms with E-state index >= 15 is 4.39 Å². The molecule has 0 bridgehead atoms. The van der Waals surface area contributed by atoms with Gasteiger partial charge in [0.2, 0.25) is 23.8 Å². The van der Waals surface area contributed by atoms with E-state index in [0.29, 0.717) is 33.9 Å². The number of nitrogens with one attached hydrogen (secondary N) is 2. The van der Waals surface area contributed by atoms with Gasteiger partial charge >= 0.3 is 0 Å². The highest BCUT2D eigenvalue weighted by atomic mass is 19.1. The number of halogens is 2. The van der Waals surface area contributed by atoms with Crippen LogP contribution in [0.15, 0.2) is 103 Å². The quantitative estimate of drug-likeness (QED) is 0.0739. The molecule has 4 aliphatic rings. The maximum atomic E-state index is 16.4. The number of aliphatic hydroxyl groups is 2. The van der Waals surface area contributed by atoms with Gasteiger partial charge in [0.05, 0.1) is 35.2 Å². The molecule has 2 aliphatic carbocycles. The molecule has 2 saturated heterocycles. The number of aromatic nitrogens is 6. The van der Waals surface area contributed by atoms with Crippen molar-refractivity contribution in [1.82, 2.24) is 45.3 Å². The van der Waals surface area contributed by atoms with Crippen molar-refractivity contribution in [3.05, 3.63) is 138 Å². The highest BCUT2D eigenvalue weighted by molar-refractivity contribution is 5.91. The fraction of sp³-hybridized carbons (Fsp3) is 0.467. The summed E-state index contributed by atoms with van der Waals surface area (Å²) in [5.41, 5.74) is 4.56. The molecule has 0 spiro atoms. The zero-order valence-corrected chi connectivity index (χ0v) is 45.6. The molecule has 2 aliphatic heterocycles. The Morgan fingerprint density at radius 3 is 1.69 bits per heavy atom. The fourth-order valence-corrected chi connectivity index (χ4v) is 11.3. The van der Waals surface area contributed by atoms with Crippen LogP contribution in [-0.4, -0.2) is 106 Å². The summed E-state index contributed by atoms with van der Waals surface area (Å²) < 4.78 is 35.8. The average Bonchev–Trinajstić information content (AvgIpc) is 4.24. The SMILES string of the molecule is CC(NC(=O)C1CC(O)CN1C(=O)C(n1cc(C2CC2)nn1)C(C)(C)C)c1ccc(-c2ccc(-n3n[n+](C(C(=O)N4CC(O)CC4C(=O)NC(C)c4ccc(-c5ccccc5F)cc4)C(C)(C)C)cc3C3CC3)cc2F)cc1. The van der Waals surface area contributed by atoms with E-state index in [1.165, 1.54) is 21.9 Å². The molecule has 18 heteroatoms. The Kier molecular flexibility index (Phi) is 14.7. The number of β-amino-alcohol motifs (C(OH)–C–C–N with tert-alkyl or cyclic N) is 2. The molecule has 4 aromatic carbocycles. The van der Waals surface area contributed by atoms with Crippen LogP contribution in [0.5, 0.6) is 0 Å². The van der Waals surface area contributed by atoms with E-state index < -0.39 is 71.0 Å². The van der Waals surface area contributed by atoms with Gasteiger partial charge in [-0.2, -0.15) is 0 Å². The van der Waals surface area contributed by atoms with Crippen LogP contribution in [0.25, 0.3) is 27.9 Å². The highest BCUT2D eigenvalue weighted by Gasteiger charge is 2.50. The number of rotatable bonds is 15. The van der Waals surface area contributed by atoms with E-state index in [9.17, 15) is 33.8 Å². The molecule has 16 nitrogen and oxygen atoms in total. The van der Waals surface area contributed by atoms with E-state index in [0.717, 1.165) is 48.2 Å². The Hall–Kier alpha value is -7.18. The predicted octanol–water partition coefficient (Wildman–Crippen LogP) is 7.97. The van der Waals surface area contributed by atoms with Crippen LogP contribution in [0.4, 0.5) is 8.78 Å². The lowest BCUT2D eigenvalue weighted by Crippen LogP contribution is -2.58. The van der Waals surface area contributed by atoms with E-state index in [1.54, 1.807) is 68.6 Å². The number of hydrogen-bond acceptors (Lipinski definition) is 9. The lowest BCUT2D eigenvalue weighted by molar-refractivity contribution is -0.776. The number of benzene rings is 4. The minimum atomic E-state index is -0.949. The Labute approximate surface area is 453 Å². The molecule has 4 N–H and O–H groups in total. The van der Waals surface area contributed by atoms with Crippen LogP contribution in [0.3, 0.4) is 0 Å². The average molecular weight is 1070 g/mol. The van der Waals surface area contributed by atoms with E-state index in [-0.39, 0.29) is 55.4 Å². The molecular formula is C60H71F2N10O6+. The first-order chi connectivity index (χ1) is 37.0. The predicted molar refractivity (Wildman–Crippen MR) is 287 cm³/mol. The van der Waals surface area contributed by atoms with Crippen LogP contribution in [0.1, 0.15) is 152 Å². The molecular weight excluding hydrogens is 995 g/mol. The lowest BCUT2D eigenvalue weighted by Gasteiger charge is -2.34. The van der Waals surface area contributed by atoms with Crippen molar-refractivity contribution in [3.8, 4) is 27.9 Å². The summed E-state index contributed by atoms with van der Waals surface area (Å²) in [6.45, 7) is 15.3. The van der Waals surface area contributed by atoms with Gasteiger partial charge in [-0.05, 0) is 85.4 Å². The van der Waals surface area contributed by atoms with E-state index in [1.807, 2.05) is 92.0 Å². The Balaban J connectivity index is 0.818. The number of carbonyl (C=O) groups is 4. The van der Waals surface area contributed by atoms with Gasteiger partial charge in [0.25, 0.3) is 5.91 Å². The minimum Gasteiger partial charge on any atom is -0.391 e. The van der Waals surface area contributed by atoms with Crippen LogP contribution in [0, 0.1) is 22.5 Å². The molecule has 2 aromatic heterocycles. The van der Waals surface area contributed by atoms with Crippen molar-refractivity contribution < 1.29 is 42.9 Å². The number of amides is 4. The van der Waals surface area contributed by atoms with Gasteiger partial charge in [-0.3, -0.25) is 19.2 Å². The van der Waals surface area contributed by atoms with Crippen molar-refractivity contribution in [2.24, 2.45) is 10.8 Å². The minimum absolute atomic E-state index is 0.0213. The third-order valence-electron chi connectivity index (χ3n) is 15.8. The lowest BCUT2D eigenvalue weighted by atomic mass is 9.85. The first-order valence-electron chi connectivity index (χ1n) is 27.3. The van der Waals surface area contributed by atoms with Crippen LogP contribution >= 0.6 is 0 Å². The molecule has 10 rings (SSSR count). The maximum absolute atomic E-state index is 16.4. The van der Waals surface area contributed by atoms with Gasteiger partial charge in [0.15, 0.2) is 17.6 Å². The Morgan fingerprint density at radius 2 is 1.19 bits per heavy atom. The van der Waals surface area contributed by atoms with Crippen molar-refractivity contribution in [2.75, 3.05) is 13.1 Å². The van der Waals surface area contributed by atoms with Gasteiger partial charge in [-0.15, -0.1) is 9.78 Å². The summed E-state index contributed by atoms with van der Waals surface area (Å²) in [4.78, 5) is 60.1. The van der Waals surface area contributed by atoms with Crippen molar-refractivity contribution >= 4 is 23.6 Å². The van der Waals surface area contributed by atoms with Gasteiger partial charge in [0.1, 0.15) is 29.8 Å². The van der Waals surface area contributed by atoms with Crippen molar-refractivity contribution in [2.45, 2.75) is 154 Å². The van der Waals surface area contributed by atoms with Gasteiger partial charge in [-0.1, -0.05) is 118 Å². The smallest absolute Gasteiger partial charge is 0.271 e.